The van der Waals surface area contributed by atoms with E-state index in [0.717, 1.165) is 0 Å². The molecule has 6 heteroatoms. The molecule has 1 aromatic heterocycles. The summed E-state index contributed by atoms with van der Waals surface area (Å²) in [4.78, 5) is 17.1. The molecule has 0 spiro atoms. The van der Waals surface area contributed by atoms with E-state index in [2.05, 4.69) is 10.3 Å². The first-order chi connectivity index (χ1) is 11.2. The Balaban J connectivity index is 2.02. The Morgan fingerprint density at radius 1 is 1.30 bits per heavy atom. The summed E-state index contributed by atoms with van der Waals surface area (Å²) in [6.07, 6.45) is 0.805. The van der Waals surface area contributed by atoms with Crippen LogP contribution in [-0.2, 0) is 9.53 Å². The van der Waals surface area contributed by atoms with Gasteiger partial charge in [0.05, 0.1) is 12.8 Å². The molecular weight excluding hydrogens is 316 g/mol. The highest BCUT2D eigenvalue weighted by Crippen LogP contribution is 2.39. The van der Waals surface area contributed by atoms with Crippen molar-refractivity contribution in [1.82, 2.24) is 10.3 Å². The van der Waals surface area contributed by atoms with Crippen LogP contribution in [0.2, 0.25) is 5.02 Å². The largest absolute Gasteiger partial charge is 0.497 e. The molecule has 1 aliphatic heterocycles. The Morgan fingerprint density at radius 3 is 2.78 bits per heavy atom. The Labute approximate surface area is 138 Å². The second-order valence-corrected chi connectivity index (χ2v) is 5.33. The van der Waals surface area contributed by atoms with Crippen molar-refractivity contribution in [3.05, 3.63) is 64.8 Å². The van der Waals surface area contributed by atoms with Crippen molar-refractivity contribution in [2.45, 2.75) is 6.10 Å². The number of hydrogen-bond donors (Lipinski definition) is 1. The molecule has 0 radical (unpaired) electrons. The molecule has 1 N–H and O–H groups in total. The van der Waals surface area contributed by atoms with Crippen molar-refractivity contribution < 1.29 is 14.3 Å². The number of ether oxygens (including phenoxy) is 2. The third-order valence-electron chi connectivity index (χ3n) is 3.59. The summed E-state index contributed by atoms with van der Waals surface area (Å²) in [5.41, 5.74) is 1.51. The lowest BCUT2D eigenvalue weighted by molar-refractivity contribution is -0.120. The van der Waals surface area contributed by atoms with Crippen LogP contribution in [0.1, 0.15) is 17.4 Å². The van der Waals surface area contributed by atoms with Crippen molar-refractivity contribution >= 4 is 23.0 Å². The fourth-order valence-corrected chi connectivity index (χ4v) is 2.70. The van der Waals surface area contributed by atoms with E-state index in [4.69, 9.17) is 21.1 Å². The van der Waals surface area contributed by atoms with Crippen molar-refractivity contribution in [1.29, 1.82) is 0 Å². The van der Waals surface area contributed by atoms with Gasteiger partial charge in [0.1, 0.15) is 11.3 Å². The van der Waals surface area contributed by atoms with Crippen LogP contribution < -0.4 is 10.1 Å². The number of nitrogens with one attached hydrogen (secondary N) is 1. The summed E-state index contributed by atoms with van der Waals surface area (Å²) >= 11 is 6.20. The lowest BCUT2D eigenvalue weighted by Crippen LogP contribution is -2.11. The van der Waals surface area contributed by atoms with Gasteiger partial charge in [-0.1, -0.05) is 29.8 Å². The summed E-state index contributed by atoms with van der Waals surface area (Å²) < 4.78 is 11.0. The molecule has 0 saturated carbocycles. The molecule has 2 heterocycles. The topological polar surface area (TPSA) is 60.5 Å². The maximum Gasteiger partial charge on any atom is 0.215 e. The van der Waals surface area contributed by atoms with Crippen molar-refractivity contribution in [2.24, 2.45) is 0 Å². The zero-order valence-corrected chi connectivity index (χ0v) is 13.4. The fourth-order valence-electron chi connectivity index (χ4n) is 2.47. The van der Waals surface area contributed by atoms with Gasteiger partial charge in [-0.2, -0.15) is 0 Å². The number of benzene rings is 1. The SMILES string of the molecule is CNC1=C(c2cc(OC)ccn2)C(=O)C(c2ccccc2Cl)O1. The number of ketones is 1. The number of nitrogens with zero attached hydrogens (tertiary/aromatic N) is 1. The van der Waals surface area contributed by atoms with E-state index in [0.29, 0.717) is 33.5 Å². The van der Waals surface area contributed by atoms with E-state index in [1.54, 1.807) is 44.6 Å². The highest BCUT2D eigenvalue weighted by Gasteiger charge is 2.38. The summed E-state index contributed by atoms with van der Waals surface area (Å²) in [7, 11) is 3.25. The minimum atomic E-state index is -0.783. The van der Waals surface area contributed by atoms with Gasteiger partial charge in [-0.05, 0) is 12.1 Å². The van der Waals surface area contributed by atoms with Gasteiger partial charge >= 0.3 is 0 Å². The standard InChI is InChI=1S/C17H15ClN2O3/c1-19-17-14(13-9-10(22-2)7-8-20-13)15(21)16(23-17)11-5-3-4-6-12(11)18/h3-9,16,19H,1-2H3. The van der Waals surface area contributed by atoms with Gasteiger partial charge in [0.15, 0.2) is 6.10 Å². The molecule has 0 bridgehead atoms. The van der Waals surface area contributed by atoms with Crippen molar-refractivity contribution in [3.8, 4) is 5.75 Å². The average molecular weight is 331 g/mol. The molecule has 0 fully saturated rings. The third kappa shape index (κ3) is 2.75. The molecule has 1 unspecified atom stereocenters. The Bertz CT molecular complexity index is 789. The first-order valence-corrected chi connectivity index (χ1v) is 7.41. The average Bonchev–Trinajstić information content (AvgIpc) is 2.92. The number of carbonyl (C=O) groups excluding carboxylic acids is 1. The van der Waals surface area contributed by atoms with Gasteiger partial charge in [-0.3, -0.25) is 9.78 Å². The Hall–Kier alpha value is -2.53. The normalized spacial score (nSPS) is 17.2. The van der Waals surface area contributed by atoms with Gasteiger partial charge < -0.3 is 14.8 Å². The Morgan fingerprint density at radius 2 is 2.09 bits per heavy atom. The summed E-state index contributed by atoms with van der Waals surface area (Å²) in [6.45, 7) is 0. The zero-order chi connectivity index (χ0) is 16.4. The number of pyridine rings is 1. The first-order valence-electron chi connectivity index (χ1n) is 7.03. The van der Waals surface area contributed by atoms with E-state index >= 15 is 0 Å². The van der Waals surface area contributed by atoms with Gasteiger partial charge in [0.25, 0.3) is 0 Å². The minimum Gasteiger partial charge on any atom is -0.497 e. The van der Waals surface area contributed by atoms with E-state index in [9.17, 15) is 4.79 Å². The monoisotopic (exact) mass is 330 g/mol. The van der Waals surface area contributed by atoms with Gasteiger partial charge in [-0.25, -0.2) is 0 Å². The van der Waals surface area contributed by atoms with E-state index < -0.39 is 6.10 Å². The third-order valence-corrected chi connectivity index (χ3v) is 3.93. The zero-order valence-electron chi connectivity index (χ0n) is 12.7. The molecule has 5 nitrogen and oxygen atoms in total. The summed E-state index contributed by atoms with van der Waals surface area (Å²) in [6, 6.07) is 10.5. The Kier molecular flexibility index (Phi) is 4.21. The smallest absolute Gasteiger partial charge is 0.215 e. The number of methoxy groups -OCH3 is 1. The van der Waals surface area contributed by atoms with E-state index in [-0.39, 0.29) is 5.78 Å². The van der Waals surface area contributed by atoms with Gasteiger partial charge in [-0.15, -0.1) is 0 Å². The molecule has 2 aromatic rings. The van der Waals surface area contributed by atoms with Crippen LogP contribution in [0.15, 0.2) is 48.5 Å². The highest BCUT2D eigenvalue weighted by atomic mass is 35.5. The number of halogens is 1. The number of rotatable bonds is 4. The maximum absolute atomic E-state index is 12.9. The van der Waals surface area contributed by atoms with Crippen molar-refractivity contribution in [3.63, 3.8) is 0 Å². The molecule has 1 atom stereocenters. The second kappa shape index (κ2) is 6.30. The molecule has 1 aromatic carbocycles. The number of hydrogen-bond acceptors (Lipinski definition) is 5. The minimum absolute atomic E-state index is 0.191. The predicted octanol–water partition coefficient (Wildman–Crippen LogP) is 2.97. The molecule has 118 valence electrons. The molecule has 0 amide bonds. The van der Waals surface area contributed by atoms with Gasteiger partial charge in [0, 0.05) is 29.9 Å². The van der Waals surface area contributed by atoms with Crippen molar-refractivity contribution in [2.75, 3.05) is 14.2 Å². The highest BCUT2D eigenvalue weighted by molar-refractivity contribution is 6.32. The van der Waals surface area contributed by atoms with Crippen LogP contribution in [0.5, 0.6) is 5.75 Å². The number of carbonyl (C=O) groups is 1. The van der Waals surface area contributed by atoms with E-state index in [1.807, 2.05) is 12.1 Å². The lowest BCUT2D eigenvalue weighted by atomic mass is 10.00. The first kappa shape index (κ1) is 15.4. The quantitative estimate of drug-likeness (QED) is 0.934. The van der Waals surface area contributed by atoms with Crippen LogP contribution in [-0.4, -0.2) is 24.9 Å². The predicted molar refractivity (Wildman–Crippen MR) is 87.1 cm³/mol. The molecule has 0 saturated heterocycles. The molecule has 1 aliphatic rings. The lowest BCUT2D eigenvalue weighted by Gasteiger charge is -2.12. The van der Waals surface area contributed by atoms with Crippen LogP contribution >= 0.6 is 11.6 Å². The summed E-state index contributed by atoms with van der Waals surface area (Å²) in [5.74, 6) is 0.802. The molecule has 23 heavy (non-hydrogen) atoms. The summed E-state index contributed by atoms with van der Waals surface area (Å²) in [5, 5.41) is 3.40. The number of Topliss-reactive ketones (excluding diaryl/α,β-unsaturated/α-hetero) is 1. The second-order valence-electron chi connectivity index (χ2n) is 4.92. The van der Waals surface area contributed by atoms with Crippen LogP contribution in [0.25, 0.3) is 5.57 Å². The molecule has 3 rings (SSSR count). The van der Waals surface area contributed by atoms with Crippen LogP contribution in [0.3, 0.4) is 0 Å². The van der Waals surface area contributed by atoms with E-state index in [1.165, 1.54) is 0 Å². The maximum atomic E-state index is 12.9. The van der Waals surface area contributed by atoms with Crippen LogP contribution in [0, 0.1) is 0 Å². The molecular formula is C17H15ClN2O3. The molecule has 0 aliphatic carbocycles. The fraction of sp³-hybridized carbons (Fsp3) is 0.176. The number of aromatic nitrogens is 1. The van der Waals surface area contributed by atoms with Crippen LogP contribution in [0.4, 0.5) is 0 Å². The van der Waals surface area contributed by atoms with Gasteiger partial charge in [0.2, 0.25) is 11.7 Å².